The zero-order valence-electron chi connectivity index (χ0n) is 11.1. The van der Waals surface area contributed by atoms with Crippen molar-refractivity contribution < 1.29 is 9.13 Å². The molecule has 1 heterocycles. The van der Waals surface area contributed by atoms with E-state index in [1.807, 2.05) is 13.0 Å². The lowest BCUT2D eigenvalue weighted by Crippen LogP contribution is -2.31. The second-order valence-corrected chi connectivity index (χ2v) is 5.42. The molecule has 0 aliphatic heterocycles. The molecule has 0 spiro atoms. The molecule has 0 amide bonds. The van der Waals surface area contributed by atoms with E-state index in [-0.39, 0.29) is 18.0 Å². The van der Waals surface area contributed by atoms with Crippen molar-refractivity contribution in [2.45, 2.75) is 25.5 Å². The Kier molecular flexibility index (Phi) is 5.09. The molecule has 2 atom stereocenters. The van der Waals surface area contributed by atoms with Crippen LogP contribution in [0.2, 0.25) is 0 Å². The summed E-state index contributed by atoms with van der Waals surface area (Å²) in [6, 6.07) is 7.85. The maximum absolute atomic E-state index is 13.0. The minimum Gasteiger partial charge on any atom is -0.482 e. The van der Waals surface area contributed by atoms with E-state index in [2.05, 4.69) is 20.9 Å². The van der Waals surface area contributed by atoms with Crippen molar-refractivity contribution in [2.24, 2.45) is 5.73 Å². The average Bonchev–Trinajstić information content (AvgIpc) is 2.45. The maximum Gasteiger partial charge on any atom is 0.139 e. The Morgan fingerprint density at radius 1 is 1.30 bits per heavy atom. The van der Waals surface area contributed by atoms with Crippen molar-refractivity contribution in [3.05, 3.63) is 58.6 Å². The van der Waals surface area contributed by atoms with Gasteiger partial charge in [0.1, 0.15) is 17.7 Å². The molecule has 106 valence electrons. The highest BCUT2D eigenvalue weighted by molar-refractivity contribution is 9.10. The lowest BCUT2D eigenvalue weighted by molar-refractivity contribution is 0.170. The summed E-state index contributed by atoms with van der Waals surface area (Å²) in [5.41, 5.74) is 6.97. The van der Waals surface area contributed by atoms with Gasteiger partial charge >= 0.3 is 0 Å². The van der Waals surface area contributed by atoms with E-state index in [1.165, 1.54) is 12.1 Å². The Bertz CT molecular complexity index is 562. The van der Waals surface area contributed by atoms with Gasteiger partial charge < -0.3 is 10.5 Å². The van der Waals surface area contributed by atoms with Gasteiger partial charge in [0, 0.05) is 16.7 Å². The first-order chi connectivity index (χ1) is 9.60. The van der Waals surface area contributed by atoms with Crippen molar-refractivity contribution in [3.8, 4) is 5.75 Å². The predicted octanol–water partition coefficient (Wildman–Crippen LogP) is 3.84. The van der Waals surface area contributed by atoms with Crippen molar-refractivity contribution >= 4 is 15.9 Å². The predicted molar refractivity (Wildman–Crippen MR) is 80.0 cm³/mol. The van der Waals surface area contributed by atoms with Gasteiger partial charge in [-0.15, -0.1) is 0 Å². The zero-order valence-corrected chi connectivity index (χ0v) is 12.7. The molecule has 2 N–H and O–H groups in total. The van der Waals surface area contributed by atoms with E-state index in [9.17, 15) is 4.39 Å². The first kappa shape index (κ1) is 14.9. The second kappa shape index (κ2) is 6.81. The number of nitrogens with two attached hydrogens (primary N) is 1. The Balaban J connectivity index is 2.26. The Morgan fingerprint density at radius 3 is 2.60 bits per heavy atom. The third kappa shape index (κ3) is 3.77. The fourth-order valence-corrected chi connectivity index (χ4v) is 2.22. The van der Waals surface area contributed by atoms with Crippen LogP contribution in [0.1, 0.15) is 25.0 Å². The fraction of sp³-hybridized carbons (Fsp3) is 0.267. The summed E-state index contributed by atoms with van der Waals surface area (Å²) in [6.07, 6.45) is 3.73. The molecule has 0 bridgehead atoms. The number of aromatic nitrogens is 1. The number of rotatable bonds is 5. The summed E-state index contributed by atoms with van der Waals surface area (Å²) in [5, 5.41) is 0. The van der Waals surface area contributed by atoms with Gasteiger partial charge in [0.25, 0.3) is 0 Å². The Labute approximate surface area is 126 Å². The van der Waals surface area contributed by atoms with Crippen LogP contribution in [0.4, 0.5) is 4.39 Å². The molecule has 5 heteroatoms. The van der Waals surface area contributed by atoms with Crippen LogP contribution >= 0.6 is 15.9 Å². The standard InChI is InChI=1S/C15H16BrFN2O/c1-2-14(18)15(10-3-5-12(17)6-4-10)20-13-7-11(16)8-19-9-13/h3-9,14-15H,2,18H2,1H3. The number of ether oxygens (including phenoxy) is 1. The van der Waals surface area contributed by atoms with Crippen LogP contribution in [-0.4, -0.2) is 11.0 Å². The van der Waals surface area contributed by atoms with Crippen molar-refractivity contribution in [1.82, 2.24) is 4.98 Å². The van der Waals surface area contributed by atoms with Gasteiger partial charge in [0.05, 0.1) is 6.20 Å². The lowest BCUT2D eigenvalue weighted by atomic mass is 10.0. The van der Waals surface area contributed by atoms with Gasteiger partial charge in [-0.1, -0.05) is 19.1 Å². The van der Waals surface area contributed by atoms with Gasteiger partial charge in [-0.05, 0) is 46.1 Å². The number of nitrogens with zero attached hydrogens (tertiary/aromatic N) is 1. The van der Waals surface area contributed by atoms with Crippen LogP contribution in [0.15, 0.2) is 47.2 Å². The summed E-state index contributed by atoms with van der Waals surface area (Å²) in [6.45, 7) is 1.99. The third-order valence-electron chi connectivity index (χ3n) is 3.00. The molecular formula is C15H16BrFN2O. The number of pyridine rings is 1. The summed E-state index contributed by atoms with van der Waals surface area (Å²) >= 11 is 3.35. The molecule has 0 aliphatic rings. The molecular weight excluding hydrogens is 323 g/mol. The Morgan fingerprint density at radius 2 is 2.00 bits per heavy atom. The number of benzene rings is 1. The first-order valence-corrected chi connectivity index (χ1v) is 7.17. The van der Waals surface area contributed by atoms with Crippen LogP contribution in [0.25, 0.3) is 0 Å². The van der Waals surface area contributed by atoms with Crippen molar-refractivity contribution in [1.29, 1.82) is 0 Å². The van der Waals surface area contributed by atoms with Crippen LogP contribution in [-0.2, 0) is 0 Å². The molecule has 1 aromatic carbocycles. The second-order valence-electron chi connectivity index (χ2n) is 4.50. The van der Waals surface area contributed by atoms with Gasteiger partial charge in [-0.3, -0.25) is 4.98 Å². The molecule has 2 rings (SSSR count). The summed E-state index contributed by atoms with van der Waals surface area (Å²) in [7, 11) is 0. The summed E-state index contributed by atoms with van der Waals surface area (Å²) < 4.78 is 19.8. The SMILES string of the molecule is CCC(N)C(Oc1cncc(Br)c1)c1ccc(F)cc1. The number of hydrogen-bond donors (Lipinski definition) is 1. The van der Waals surface area contributed by atoms with E-state index >= 15 is 0 Å². The third-order valence-corrected chi connectivity index (χ3v) is 3.44. The van der Waals surface area contributed by atoms with Crippen LogP contribution in [0.5, 0.6) is 5.75 Å². The van der Waals surface area contributed by atoms with Crippen LogP contribution in [0.3, 0.4) is 0 Å². The first-order valence-electron chi connectivity index (χ1n) is 6.38. The van der Waals surface area contributed by atoms with E-state index in [0.717, 1.165) is 16.5 Å². The smallest absolute Gasteiger partial charge is 0.139 e. The largest absolute Gasteiger partial charge is 0.482 e. The normalized spacial score (nSPS) is 13.8. The molecule has 0 saturated heterocycles. The van der Waals surface area contributed by atoms with Crippen molar-refractivity contribution in [3.63, 3.8) is 0 Å². The summed E-state index contributed by atoms with van der Waals surface area (Å²) in [4.78, 5) is 4.06. The maximum atomic E-state index is 13.0. The van der Waals surface area contributed by atoms with Crippen molar-refractivity contribution in [2.75, 3.05) is 0 Å². The molecule has 2 unspecified atom stereocenters. The van der Waals surface area contributed by atoms with E-state index in [4.69, 9.17) is 10.5 Å². The van der Waals surface area contributed by atoms with Crippen LogP contribution < -0.4 is 10.5 Å². The van der Waals surface area contributed by atoms with Gasteiger partial charge in [-0.25, -0.2) is 4.39 Å². The highest BCUT2D eigenvalue weighted by Gasteiger charge is 2.20. The fourth-order valence-electron chi connectivity index (χ4n) is 1.87. The van der Waals surface area contributed by atoms with E-state index in [0.29, 0.717) is 5.75 Å². The van der Waals surface area contributed by atoms with E-state index in [1.54, 1.807) is 24.5 Å². The highest BCUT2D eigenvalue weighted by Crippen LogP contribution is 2.26. The molecule has 20 heavy (non-hydrogen) atoms. The quantitative estimate of drug-likeness (QED) is 0.900. The topological polar surface area (TPSA) is 48.1 Å². The van der Waals surface area contributed by atoms with Crippen LogP contribution in [0, 0.1) is 5.82 Å². The van der Waals surface area contributed by atoms with Gasteiger partial charge in [0.15, 0.2) is 0 Å². The molecule has 2 aromatic rings. The highest BCUT2D eigenvalue weighted by atomic mass is 79.9. The number of hydrogen-bond acceptors (Lipinski definition) is 3. The van der Waals surface area contributed by atoms with Gasteiger partial charge in [-0.2, -0.15) is 0 Å². The Hall–Kier alpha value is -1.46. The molecule has 0 saturated carbocycles. The average molecular weight is 339 g/mol. The molecule has 3 nitrogen and oxygen atoms in total. The minimum absolute atomic E-state index is 0.181. The monoisotopic (exact) mass is 338 g/mol. The molecule has 0 aliphatic carbocycles. The number of halogens is 2. The molecule has 0 fully saturated rings. The molecule has 1 aromatic heterocycles. The zero-order chi connectivity index (χ0) is 14.5. The summed E-state index contributed by atoms with van der Waals surface area (Å²) in [5.74, 6) is 0.347. The minimum atomic E-state index is -0.336. The van der Waals surface area contributed by atoms with E-state index < -0.39 is 0 Å². The molecule has 0 radical (unpaired) electrons. The van der Waals surface area contributed by atoms with Gasteiger partial charge in [0.2, 0.25) is 0 Å². The lowest BCUT2D eigenvalue weighted by Gasteiger charge is -2.24.